The van der Waals surface area contributed by atoms with E-state index in [1.807, 2.05) is 47.6 Å². The molecule has 0 N–H and O–H groups in total. The first kappa shape index (κ1) is 12.2. The van der Waals surface area contributed by atoms with Crippen molar-refractivity contribution in [3.05, 3.63) is 12.2 Å². The molecule has 0 saturated heterocycles. The zero-order chi connectivity index (χ0) is 10.7. The zero-order valence-electron chi connectivity index (χ0n) is 9.47. The molecule has 0 aliphatic rings. The Morgan fingerprint density at radius 1 is 1.08 bits per heavy atom. The molecule has 0 fully saturated rings. The van der Waals surface area contributed by atoms with Gasteiger partial charge < -0.3 is 4.74 Å². The monoisotopic (exact) mass is 184 g/mol. The van der Waals surface area contributed by atoms with Gasteiger partial charge in [-0.25, -0.2) is 4.79 Å². The van der Waals surface area contributed by atoms with E-state index in [0.29, 0.717) is 0 Å². The van der Waals surface area contributed by atoms with E-state index in [1.54, 1.807) is 0 Å². The van der Waals surface area contributed by atoms with Crippen molar-refractivity contribution in [1.82, 2.24) is 0 Å². The number of carbonyl (C=O) groups is 1. The summed E-state index contributed by atoms with van der Waals surface area (Å²) >= 11 is 0. The van der Waals surface area contributed by atoms with E-state index in [9.17, 15) is 4.79 Å². The largest absolute Gasteiger partial charge is 0.457 e. The van der Waals surface area contributed by atoms with Crippen molar-refractivity contribution in [2.75, 3.05) is 0 Å². The van der Waals surface area contributed by atoms with Crippen LogP contribution < -0.4 is 0 Å². The molecule has 0 amide bonds. The summed E-state index contributed by atoms with van der Waals surface area (Å²) in [5.41, 5.74) is -0.379. The van der Waals surface area contributed by atoms with Crippen LogP contribution in [-0.4, -0.2) is 11.6 Å². The molecule has 0 aliphatic carbocycles. The molecule has 2 nitrogen and oxygen atoms in total. The summed E-state index contributed by atoms with van der Waals surface area (Å²) in [4.78, 5) is 11.2. The fourth-order valence-corrected chi connectivity index (χ4v) is 0.654. The summed E-state index contributed by atoms with van der Waals surface area (Å²) in [6.45, 7) is 11.7. The lowest BCUT2D eigenvalue weighted by Gasteiger charge is -2.18. The number of hydrogen-bond donors (Lipinski definition) is 0. The van der Waals surface area contributed by atoms with Crippen LogP contribution >= 0.6 is 0 Å². The fourth-order valence-electron chi connectivity index (χ4n) is 0.654. The van der Waals surface area contributed by atoms with E-state index in [0.717, 1.165) is 0 Å². The minimum atomic E-state index is -0.403. The van der Waals surface area contributed by atoms with Crippen molar-refractivity contribution in [3.63, 3.8) is 0 Å². The molecule has 0 aliphatic heterocycles. The summed E-state index contributed by atoms with van der Waals surface area (Å²) in [7, 11) is 0. The molecule has 0 aromatic rings. The molecule has 0 atom stereocenters. The van der Waals surface area contributed by atoms with Gasteiger partial charge >= 0.3 is 5.97 Å². The van der Waals surface area contributed by atoms with E-state index in [4.69, 9.17) is 4.74 Å². The van der Waals surface area contributed by atoms with Gasteiger partial charge in [0.1, 0.15) is 5.60 Å². The van der Waals surface area contributed by atoms with Gasteiger partial charge in [0, 0.05) is 6.08 Å². The maximum Gasteiger partial charge on any atom is 0.330 e. The lowest BCUT2D eigenvalue weighted by atomic mass is 9.96. The Kier molecular flexibility index (Phi) is 3.71. The van der Waals surface area contributed by atoms with Gasteiger partial charge in [-0.1, -0.05) is 26.8 Å². The Morgan fingerprint density at radius 3 is 1.85 bits per heavy atom. The second-order valence-corrected chi connectivity index (χ2v) is 5.23. The average Bonchev–Trinajstić information content (AvgIpc) is 1.78. The van der Waals surface area contributed by atoms with Crippen molar-refractivity contribution in [1.29, 1.82) is 0 Å². The SMILES string of the molecule is CC(C)(C)C=CC(=O)OC(C)(C)C. The minimum Gasteiger partial charge on any atom is -0.457 e. The third-order valence-corrected chi connectivity index (χ3v) is 1.13. The normalized spacial score (nSPS) is 13.4. The second kappa shape index (κ2) is 3.95. The van der Waals surface area contributed by atoms with E-state index in [-0.39, 0.29) is 11.4 Å². The predicted molar refractivity (Wildman–Crippen MR) is 54.4 cm³/mol. The van der Waals surface area contributed by atoms with E-state index in [1.165, 1.54) is 6.08 Å². The first-order chi connectivity index (χ1) is 5.60. The fraction of sp³-hybridized carbons (Fsp3) is 0.727. The van der Waals surface area contributed by atoms with Crippen LogP contribution in [0.15, 0.2) is 12.2 Å². The summed E-state index contributed by atoms with van der Waals surface area (Å²) in [5.74, 6) is -0.276. The van der Waals surface area contributed by atoms with Gasteiger partial charge in [-0.3, -0.25) is 0 Å². The van der Waals surface area contributed by atoms with Crippen molar-refractivity contribution in [2.24, 2.45) is 5.41 Å². The standard InChI is InChI=1S/C11H20O2/c1-10(2,3)8-7-9(12)13-11(4,5)6/h7-8H,1-6H3. The number of rotatable bonds is 1. The third-order valence-electron chi connectivity index (χ3n) is 1.13. The zero-order valence-corrected chi connectivity index (χ0v) is 9.47. The topological polar surface area (TPSA) is 26.3 Å². The highest BCUT2D eigenvalue weighted by molar-refractivity contribution is 5.82. The van der Waals surface area contributed by atoms with Crippen LogP contribution in [0.3, 0.4) is 0 Å². The van der Waals surface area contributed by atoms with Gasteiger partial charge in [0.05, 0.1) is 0 Å². The van der Waals surface area contributed by atoms with Crippen LogP contribution in [0.1, 0.15) is 41.5 Å². The molecule has 0 rings (SSSR count). The molecule has 0 heterocycles. The molecular weight excluding hydrogens is 164 g/mol. The Hall–Kier alpha value is -0.790. The van der Waals surface area contributed by atoms with E-state index >= 15 is 0 Å². The molecule has 0 aromatic heterocycles. The molecule has 0 radical (unpaired) electrons. The first-order valence-electron chi connectivity index (χ1n) is 4.52. The highest BCUT2D eigenvalue weighted by atomic mass is 16.6. The highest BCUT2D eigenvalue weighted by Gasteiger charge is 2.14. The molecule has 0 saturated carbocycles. The van der Waals surface area contributed by atoms with Crippen LogP contribution in [0.25, 0.3) is 0 Å². The van der Waals surface area contributed by atoms with Crippen LogP contribution in [0.2, 0.25) is 0 Å². The average molecular weight is 184 g/mol. The van der Waals surface area contributed by atoms with Gasteiger partial charge in [0.2, 0.25) is 0 Å². The van der Waals surface area contributed by atoms with Gasteiger partial charge in [-0.2, -0.15) is 0 Å². The third kappa shape index (κ3) is 9.12. The summed E-state index contributed by atoms with van der Waals surface area (Å²) in [6, 6.07) is 0. The quantitative estimate of drug-likeness (QED) is 0.462. The number of esters is 1. The molecule has 0 unspecified atom stereocenters. The Morgan fingerprint density at radius 2 is 1.54 bits per heavy atom. The Labute approximate surface area is 81.0 Å². The molecule has 0 bridgehead atoms. The smallest absolute Gasteiger partial charge is 0.330 e. The summed E-state index contributed by atoms with van der Waals surface area (Å²) < 4.78 is 5.11. The van der Waals surface area contributed by atoms with Crippen molar-refractivity contribution >= 4 is 5.97 Å². The molecule has 2 heteroatoms. The number of allylic oxidation sites excluding steroid dienone is 1. The van der Waals surface area contributed by atoms with Gasteiger partial charge in [-0.15, -0.1) is 0 Å². The number of carbonyl (C=O) groups excluding carboxylic acids is 1. The molecular formula is C11H20O2. The van der Waals surface area contributed by atoms with E-state index < -0.39 is 5.60 Å². The maximum atomic E-state index is 11.2. The Balaban J connectivity index is 4.11. The Bertz CT molecular complexity index is 201. The lowest BCUT2D eigenvalue weighted by molar-refractivity contribution is -0.148. The van der Waals surface area contributed by atoms with Crippen molar-refractivity contribution < 1.29 is 9.53 Å². The first-order valence-corrected chi connectivity index (χ1v) is 4.52. The lowest BCUT2D eigenvalue weighted by Crippen LogP contribution is -2.22. The summed E-state index contributed by atoms with van der Waals surface area (Å²) in [5, 5.41) is 0. The van der Waals surface area contributed by atoms with Crippen LogP contribution in [0.4, 0.5) is 0 Å². The maximum absolute atomic E-state index is 11.2. The number of hydrogen-bond acceptors (Lipinski definition) is 2. The predicted octanol–water partition coefficient (Wildman–Crippen LogP) is 2.93. The summed E-state index contributed by atoms with van der Waals surface area (Å²) in [6.07, 6.45) is 3.34. The van der Waals surface area contributed by atoms with Crippen LogP contribution in [0.5, 0.6) is 0 Å². The minimum absolute atomic E-state index is 0.0247. The van der Waals surface area contributed by atoms with Gasteiger partial charge in [-0.05, 0) is 26.2 Å². The van der Waals surface area contributed by atoms with Crippen LogP contribution in [0, 0.1) is 5.41 Å². The van der Waals surface area contributed by atoms with Gasteiger partial charge in [0.25, 0.3) is 0 Å². The molecule has 76 valence electrons. The highest BCUT2D eigenvalue weighted by Crippen LogP contribution is 2.15. The van der Waals surface area contributed by atoms with Gasteiger partial charge in [0.15, 0.2) is 0 Å². The van der Waals surface area contributed by atoms with E-state index in [2.05, 4.69) is 0 Å². The second-order valence-electron chi connectivity index (χ2n) is 5.23. The van der Waals surface area contributed by atoms with Crippen molar-refractivity contribution in [3.8, 4) is 0 Å². The molecule has 0 spiro atoms. The molecule has 0 aromatic carbocycles. The number of ether oxygens (including phenoxy) is 1. The van der Waals surface area contributed by atoms with Crippen LogP contribution in [-0.2, 0) is 9.53 Å². The van der Waals surface area contributed by atoms with Crippen molar-refractivity contribution in [2.45, 2.75) is 47.1 Å². The molecule has 13 heavy (non-hydrogen) atoms.